The van der Waals surface area contributed by atoms with Gasteiger partial charge in [-0.2, -0.15) is 0 Å². The maximum absolute atomic E-state index is 12.4. The first kappa shape index (κ1) is 15.8. The number of nitrogens with zero attached hydrogens (tertiary/aromatic N) is 1. The van der Waals surface area contributed by atoms with E-state index in [9.17, 15) is 4.79 Å². The first-order valence-corrected chi connectivity index (χ1v) is 7.94. The van der Waals surface area contributed by atoms with Gasteiger partial charge in [-0.3, -0.25) is 4.79 Å². The Morgan fingerprint density at radius 3 is 2.81 bits per heavy atom. The van der Waals surface area contributed by atoms with Crippen molar-refractivity contribution in [1.29, 1.82) is 0 Å². The normalized spacial score (nSPS) is 10.8. The molecule has 2 rings (SSSR count). The van der Waals surface area contributed by atoms with Gasteiger partial charge in [-0.1, -0.05) is 0 Å². The van der Waals surface area contributed by atoms with Crippen LogP contribution in [0.2, 0.25) is 0 Å². The van der Waals surface area contributed by atoms with Crippen molar-refractivity contribution in [2.75, 3.05) is 13.2 Å². The molecule has 0 aliphatic rings. The molecule has 0 saturated carbocycles. The molecular weight excluding hydrogens is 286 g/mol. The Morgan fingerprint density at radius 2 is 2.19 bits per heavy atom. The lowest BCUT2D eigenvalue weighted by Crippen LogP contribution is -2.30. The molecule has 1 amide bonds. The number of carbonyl (C=O) groups is 1. The first-order chi connectivity index (χ1) is 10.2. The van der Waals surface area contributed by atoms with E-state index in [1.54, 1.807) is 17.6 Å². The van der Waals surface area contributed by atoms with Crippen molar-refractivity contribution in [3.8, 4) is 0 Å². The molecule has 0 aromatic carbocycles. The second-order valence-electron chi connectivity index (χ2n) is 4.79. The summed E-state index contributed by atoms with van der Waals surface area (Å²) < 4.78 is 10.6. The quantitative estimate of drug-likeness (QED) is 0.700. The Kier molecular flexibility index (Phi) is 6.02. The van der Waals surface area contributed by atoms with Gasteiger partial charge in [0.2, 0.25) is 5.91 Å². The van der Waals surface area contributed by atoms with Crippen LogP contribution in [0, 0.1) is 6.92 Å². The van der Waals surface area contributed by atoms with Crippen LogP contribution in [-0.4, -0.2) is 24.0 Å². The van der Waals surface area contributed by atoms with Crippen molar-refractivity contribution in [3.63, 3.8) is 0 Å². The minimum Gasteiger partial charge on any atom is -0.467 e. The number of furan rings is 1. The monoisotopic (exact) mass is 307 g/mol. The van der Waals surface area contributed by atoms with Crippen LogP contribution in [0.3, 0.4) is 0 Å². The van der Waals surface area contributed by atoms with Crippen molar-refractivity contribution >= 4 is 17.2 Å². The topological polar surface area (TPSA) is 42.7 Å². The fourth-order valence-corrected chi connectivity index (χ4v) is 2.95. The summed E-state index contributed by atoms with van der Waals surface area (Å²) in [5.41, 5.74) is 0. The van der Waals surface area contributed by atoms with Crippen LogP contribution < -0.4 is 0 Å². The van der Waals surface area contributed by atoms with E-state index < -0.39 is 0 Å². The van der Waals surface area contributed by atoms with E-state index in [-0.39, 0.29) is 5.91 Å². The Hall–Kier alpha value is -1.59. The molecule has 5 heteroatoms. The smallest absolute Gasteiger partial charge is 0.225 e. The fourth-order valence-electron chi connectivity index (χ4n) is 2.04. The lowest BCUT2D eigenvalue weighted by molar-refractivity contribution is -0.133. The molecular formula is C16H21NO3S. The van der Waals surface area contributed by atoms with Gasteiger partial charge in [-0.05, 0) is 38.1 Å². The molecule has 0 aliphatic carbocycles. The van der Waals surface area contributed by atoms with E-state index in [0.29, 0.717) is 32.7 Å². The molecule has 21 heavy (non-hydrogen) atoms. The number of amides is 1. The summed E-state index contributed by atoms with van der Waals surface area (Å²) >= 11 is 1.72. The second-order valence-corrected chi connectivity index (χ2v) is 6.16. The van der Waals surface area contributed by atoms with Crippen LogP contribution in [0.25, 0.3) is 0 Å². The van der Waals surface area contributed by atoms with Gasteiger partial charge in [0.25, 0.3) is 0 Å². The lowest BCUT2D eigenvalue weighted by atomic mass is 10.3. The number of rotatable bonds is 8. The largest absolute Gasteiger partial charge is 0.467 e. The predicted molar refractivity (Wildman–Crippen MR) is 83.1 cm³/mol. The van der Waals surface area contributed by atoms with E-state index in [1.165, 1.54) is 9.75 Å². The SMILES string of the molecule is CCOCCC(=O)N(Cc1ccco1)Cc1ccc(C)s1. The summed E-state index contributed by atoms with van der Waals surface area (Å²) in [5, 5.41) is 0. The number of hydrogen-bond acceptors (Lipinski definition) is 4. The summed E-state index contributed by atoms with van der Waals surface area (Å²) in [5.74, 6) is 0.888. The van der Waals surface area contributed by atoms with Crippen molar-refractivity contribution < 1.29 is 13.9 Å². The van der Waals surface area contributed by atoms with E-state index >= 15 is 0 Å². The molecule has 0 bridgehead atoms. The highest BCUT2D eigenvalue weighted by molar-refractivity contribution is 7.11. The summed E-state index contributed by atoms with van der Waals surface area (Å²) in [4.78, 5) is 16.6. The van der Waals surface area contributed by atoms with Gasteiger partial charge in [0, 0.05) is 16.4 Å². The summed E-state index contributed by atoms with van der Waals surface area (Å²) in [6.07, 6.45) is 2.03. The molecule has 0 radical (unpaired) electrons. The number of carbonyl (C=O) groups excluding carboxylic acids is 1. The van der Waals surface area contributed by atoms with Gasteiger partial charge < -0.3 is 14.1 Å². The molecule has 114 valence electrons. The number of hydrogen-bond donors (Lipinski definition) is 0. The van der Waals surface area contributed by atoms with Crippen molar-refractivity contribution in [3.05, 3.63) is 46.0 Å². The second kappa shape index (κ2) is 8.00. The van der Waals surface area contributed by atoms with Crippen molar-refractivity contribution in [2.45, 2.75) is 33.4 Å². The van der Waals surface area contributed by atoms with Crippen LogP contribution in [-0.2, 0) is 22.6 Å². The van der Waals surface area contributed by atoms with Gasteiger partial charge in [0.1, 0.15) is 5.76 Å². The highest BCUT2D eigenvalue weighted by Crippen LogP contribution is 2.19. The summed E-state index contributed by atoms with van der Waals surface area (Å²) in [6.45, 7) is 6.21. The van der Waals surface area contributed by atoms with Crippen LogP contribution in [0.5, 0.6) is 0 Å². The molecule has 0 spiro atoms. The average Bonchev–Trinajstić information content (AvgIpc) is 3.10. The molecule has 2 aromatic heterocycles. The zero-order valence-corrected chi connectivity index (χ0v) is 13.3. The summed E-state index contributed by atoms with van der Waals surface area (Å²) in [7, 11) is 0. The van der Waals surface area contributed by atoms with Crippen LogP contribution in [0.1, 0.15) is 28.9 Å². The third-order valence-corrected chi connectivity index (χ3v) is 4.07. The standard InChI is InChI=1S/C16H21NO3S/c1-3-19-10-8-16(18)17(11-14-5-4-9-20-14)12-15-7-6-13(2)21-15/h4-7,9H,3,8,10-12H2,1-2H3. The Bertz CT molecular complexity index is 548. The minimum atomic E-state index is 0.0888. The van der Waals surface area contributed by atoms with Gasteiger partial charge >= 0.3 is 0 Å². The molecule has 0 unspecified atom stereocenters. The maximum Gasteiger partial charge on any atom is 0.225 e. The molecule has 2 heterocycles. The highest BCUT2D eigenvalue weighted by atomic mass is 32.1. The lowest BCUT2D eigenvalue weighted by Gasteiger charge is -2.21. The number of aryl methyl sites for hydroxylation is 1. The van der Waals surface area contributed by atoms with Crippen molar-refractivity contribution in [1.82, 2.24) is 4.90 Å². The first-order valence-electron chi connectivity index (χ1n) is 7.12. The van der Waals surface area contributed by atoms with E-state index in [1.807, 2.05) is 24.0 Å². The number of thiophene rings is 1. The Balaban J connectivity index is 2.00. The molecule has 0 atom stereocenters. The van der Waals surface area contributed by atoms with Crippen LogP contribution >= 0.6 is 11.3 Å². The molecule has 0 aliphatic heterocycles. The van der Waals surface area contributed by atoms with Gasteiger partial charge in [0.05, 0.1) is 32.4 Å². The zero-order valence-electron chi connectivity index (χ0n) is 12.5. The summed E-state index contributed by atoms with van der Waals surface area (Å²) in [6, 6.07) is 7.89. The van der Waals surface area contributed by atoms with Crippen LogP contribution in [0.15, 0.2) is 34.9 Å². The van der Waals surface area contributed by atoms with Crippen molar-refractivity contribution in [2.24, 2.45) is 0 Å². The maximum atomic E-state index is 12.4. The minimum absolute atomic E-state index is 0.0888. The third-order valence-electron chi connectivity index (χ3n) is 3.09. The molecule has 4 nitrogen and oxygen atoms in total. The fraction of sp³-hybridized carbons (Fsp3) is 0.438. The molecule has 0 fully saturated rings. The highest BCUT2D eigenvalue weighted by Gasteiger charge is 2.16. The molecule has 0 N–H and O–H groups in total. The average molecular weight is 307 g/mol. The molecule has 0 saturated heterocycles. The van der Waals surface area contributed by atoms with E-state index in [4.69, 9.17) is 9.15 Å². The molecule has 2 aromatic rings. The van der Waals surface area contributed by atoms with Gasteiger partial charge in [0.15, 0.2) is 0 Å². The van der Waals surface area contributed by atoms with Gasteiger partial charge in [-0.25, -0.2) is 0 Å². The third kappa shape index (κ3) is 5.02. The van der Waals surface area contributed by atoms with Gasteiger partial charge in [-0.15, -0.1) is 11.3 Å². The van der Waals surface area contributed by atoms with E-state index in [2.05, 4.69) is 19.1 Å². The zero-order chi connectivity index (χ0) is 15.1. The van der Waals surface area contributed by atoms with E-state index in [0.717, 1.165) is 5.76 Å². The predicted octanol–water partition coefficient (Wildman–Crippen LogP) is 3.60. The Labute approximate surface area is 129 Å². The Morgan fingerprint density at radius 1 is 1.33 bits per heavy atom. The van der Waals surface area contributed by atoms with Crippen LogP contribution in [0.4, 0.5) is 0 Å². The number of ether oxygens (including phenoxy) is 1.